The standard InChI is InChI=1S/C6H12F3NS/c1-5(11-2)3-10-4-6(7,8)9/h5,10H,3-4H2,1-2H3. The van der Waals surface area contributed by atoms with Crippen molar-refractivity contribution in [1.82, 2.24) is 5.32 Å². The summed E-state index contributed by atoms with van der Waals surface area (Å²) in [5.41, 5.74) is 0. The zero-order chi connectivity index (χ0) is 8.91. The molecule has 0 saturated carbocycles. The van der Waals surface area contributed by atoms with Crippen LogP contribution in [0.3, 0.4) is 0 Å². The van der Waals surface area contributed by atoms with Crippen molar-refractivity contribution in [1.29, 1.82) is 0 Å². The molecule has 1 unspecified atom stereocenters. The number of hydrogen-bond acceptors (Lipinski definition) is 2. The molecule has 0 fully saturated rings. The quantitative estimate of drug-likeness (QED) is 0.721. The fourth-order valence-electron chi connectivity index (χ4n) is 0.501. The van der Waals surface area contributed by atoms with E-state index in [4.69, 9.17) is 0 Å². The van der Waals surface area contributed by atoms with Gasteiger partial charge in [-0.15, -0.1) is 0 Å². The minimum Gasteiger partial charge on any atom is -0.308 e. The lowest BCUT2D eigenvalue weighted by atomic mass is 10.4. The van der Waals surface area contributed by atoms with Crippen molar-refractivity contribution in [3.63, 3.8) is 0 Å². The van der Waals surface area contributed by atoms with Crippen molar-refractivity contribution in [3.05, 3.63) is 0 Å². The lowest BCUT2D eigenvalue weighted by molar-refractivity contribution is -0.124. The van der Waals surface area contributed by atoms with Crippen molar-refractivity contribution in [2.75, 3.05) is 19.3 Å². The third kappa shape index (κ3) is 8.00. The summed E-state index contributed by atoms with van der Waals surface area (Å²) in [6.45, 7) is 1.40. The fraction of sp³-hybridized carbons (Fsp3) is 1.00. The number of hydrogen-bond donors (Lipinski definition) is 1. The Balaban J connectivity index is 3.28. The Morgan fingerprint density at radius 3 is 2.36 bits per heavy atom. The molecule has 1 nitrogen and oxygen atoms in total. The van der Waals surface area contributed by atoms with Crippen LogP contribution in [0.1, 0.15) is 6.92 Å². The van der Waals surface area contributed by atoms with Crippen LogP contribution in [0.2, 0.25) is 0 Å². The summed E-state index contributed by atoms with van der Waals surface area (Å²) in [5.74, 6) is 0. The van der Waals surface area contributed by atoms with Gasteiger partial charge in [0, 0.05) is 11.8 Å². The maximum absolute atomic E-state index is 11.5. The molecule has 0 aromatic carbocycles. The maximum atomic E-state index is 11.5. The van der Waals surface area contributed by atoms with Gasteiger partial charge in [0.1, 0.15) is 0 Å². The summed E-state index contributed by atoms with van der Waals surface area (Å²) in [6, 6.07) is 0. The Kier molecular flexibility index (Phi) is 4.92. The van der Waals surface area contributed by atoms with Gasteiger partial charge < -0.3 is 5.32 Å². The van der Waals surface area contributed by atoms with Crippen molar-refractivity contribution in [3.8, 4) is 0 Å². The molecule has 0 heterocycles. The van der Waals surface area contributed by atoms with Gasteiger partial charge in [-0.05, 0) is 6.26 Å². The molecule has 0 aromatic heterocycles. The molecule has 0 spiro atoms. The molecule has 0 aromatic rings. The van der Waals surface area contributed by atoms with Gasteiger partial charge in [-0.3, -0.25) is 0 Å². The van der Waals surface area contributed by atoms with Crippen LogP contribution >= 0.6 is 11.8 Å². The van der Waals surface area contributed by atoms with Crippen molar-refractivity contribution in [2.45, 2.75) is 18.3 Å². The summed E-state index contributed by atoms with van der Waals surface area (Å²) < 4.78 is 34.6. The van der Waals surface area contributed by atoms with E-state index in [1.165, 1.54) is 0 Å². The molecule has 0 radical (unpaired) electrons. The highest BCUT2D eigenvalue weighted by Crippen LogP contribution is 2.12. The van der Waals surface area contributed by atoms with Gasteiger partial charge in [0.05, 0.1) is 6.54 Å². The molecule has 0 amide bonds. The summed E-state index contributed by atoms with van der Waals surface area (Å²) in [6.07, 6.45) is -2.21. The molecule has 0 aliphatic rings. The third-order valence-corrected chi connectivity index (χ3v) is 2.13. The fourth-order valence-corrected chi connectivity index (χ4v) is 0.785. The van der Waals surface area contributed by atoms with E-state index in [1.807, 2.05) is 13.2 Å². The predicted octanol–water partition coefficient (Wildman–Crippen LogP) is 1.89. The molecule has 11 heavy (non-hydrogen) atoms. The van der Waals surface area contributed by atoms with Crippen molar-refractivity contribution >= 4 is 11.8 Å². The number of alkyl halides is 3. The molecule has 5 heteroatoms. The van der Waals surface area contributed by atoms with E-state index < -0.39 is 12.7 Å². The average molecular weight is 187 g/mol. The van der Waals surface area contributed by atoms with Crippen LogP contribution in [-0.4, -0.2) is 30.8 Å². The SMILES string of the molecule is CSC(C)CNCC(F)(F)F. The molecule has 0 saturated heterocycles. The Hall–Kier alpha value is 0.100. The largest absolute Gasteiger partial charge is 0.401 e. The Morgan fingerprint density at radius 2 is 2.00 bits per heavy atom. The van der Waals surface area contributed by atoms with E-state index in [0.717, 1.165) is 0 Å². The number of nitrogens with one attached hydrogen (secondary N) is 1. The van der Waals surface area contributed by atoms with Gasteiger partial charge in [-0.25, -0.2) is 0 Å². The Bertz CT molecular complexity index is 104. The van der Waals surface area contributed by atoms with Crippen LogP contribution in [0.5, 0.6) is 0 Å². The second-order valence-electron chi connectivity index (χ2n) is 2.29. The average Bonchev–Trinajstić information content (AvgIpc) is 1.85. The second kappa shape index (κ2) is 4.87. The van der Waals surface area contributed by atoms with Crippen LogP contribution in [0.4, 0.5) is 13.2 Å². The zero-order valence-electron chi connectivity index (χ0n) is 6.53. The first kappa shape index (κ1) is 11.1. The maximum Gasteiger partial charge on any atom is 0.401 e. The molecule has 0 bridgehead atoms. The second-order valence-corrected chi connectivity index (χ2v) is 3.57. The van der Waals surface area contributed by atoms with Gasteiger partial charge in [0.25, 0.3) is 0 Å². The van der Waals surface area contributed by atoms with Gasteiger partial charge in [-0.2, -0.15) is 24.9 Å². The number of thioether (sulfide) groups is 1. The Morgan fingerprint density at radius 1 is 1.45 bits per heavy atom. The zero-order valence-corrected chi connectivity index (χ0v) is 7.35. The summed E-state index contributed by atoms with van der Waals surface area (Å²) in [4.78, 5) is 0. The van der Waals surface area contributed by atoms with E-state index in [2.05, 4.69) is 5.32 Å². The molecule has 0 rings (SSSR count). The van der Waals surface area contributed by atoms with E-state index in [-0.39, 0.29) is 5.25 Å². The molecule has 0 aliphatic heterocycles. The molecule has 1 atom stereocenters. The monoisotopic (exact) mass is 187 g/mol. The highest BCUT2D eigenvalue weighted by atomic mass is 32.2. The first-order valence-electron chi connectivity index (χ1n) is 3.26. The van der Waals surface area contributed by atoms with Crippen molar-refractivity contribution in [2.24, 2.45) is 0 Å². The lowest BCUT2D eigenvalue weighted by Gasteiger charge is -2.11. The van der Waals surface area contributed by atoms with E-state index in [1.54, 1.807) is 11.8 Å². The Labute approximate surface area is 68.7 Å². The van der Waals surface area contributed by atoms with E-state index >= 15 is 0 Å². The predicted molar refractivity (Wildman–Crippen MR) is 41.9 cm³/mol. The minimum absolute atomic E-state index is 0.234. The van der Waals surface area contributed by atoms with Crippen LogP contribution in [0.25, 0.3) is 0 Å². The van der Waals surface area contributed by atoms with Crippen LogP contribution in [0, 0.1) is 0 Å². The number of halogens is 3. The summed E-state index contributed by atoms with van der Waals surface area (Å²) >= 11 is 1.55. The summed E-state index contributed by atoms with van der Waals surface area (Å²) in [7, 11) is 0. The minimum atomic E-state index is -4.09. The summed E-state index contributed by atoms with van der Waals surface area (Å²) in [5, 5.41) is 2.56. The van der Waals surface area contributed by atoms with E-state index in [9.17, 15) is 13.2 Å². The highest BCUT2D eigenvalue weighted by Gasteiger charge is 2.26. The third-order valence-electron chi connectivity index (χ3n) is 1.16. The van der Waals surface area contributed by atoms with E-state index in [0.29, 0.717) is 6.54 Å². The van der Waals surface area contributed by atoms with Gasteiger partial charge in [-0.1, -0.05) is 6.92 Å². The molecule has 1 N–H and O–H groups in total. The first-order chi connectivity index (χ1) is 4.95. The molecular weight excluding hydrogens is 175 g/mol. The normalized spacial score (nSPS) is 15.0. The number of rotatable bonds is 4. The van der Waals surface area contributed by atoms with Crippen molar-refractivity contribution < 1.29 is 13.2 Å². The molecule has 68 valence electrons. The van der Waals surface area contributed by atoms with Crippen LogP contribution in [0.15, 0.2) is 0 Å². The molecule has 0 aliphatic carbocycles. The molecular formula is C6H12F3NS. The van der Waals surface area contributed by atoms with Gasteiger partial charge in [0.15, 0.2) is 0 Å². The lowest BCUT2D eigenvalue weighted by Crippen LogP contribution is -2.32. The van der Waals surface area contributed by atoms with Gasteiger partial charge in [0.2, 0.25) is 0 Å². The topological polar surface area (TPSA) is 12.0 Å². The van der Waals surface area contributed by atoms with Crippen LogP contribution < -0.4 is 5.32 Å². The first-order valence-corrected chi connectivity index (χ1v) is 4.55. The van der Waals surface area contributed by atoms with Crippen LogP contribution in [-0.2, 0) is 0 Å². The smallest absolute Gasteiger partial charge is 0.308 e. The van der Waals surface area contributed by atoms with Gasteiger partial charge >= 0.3 is 6.18 Å². The highest BCUT2D eigenvalue weighted by molar-refractivity contribution is 7.99.